The van der Waals surface area contributed by atoms with Crippen molar-refractivity contribution in [3.63, 3.8) is 0 Å². The summed E-state index contributed by atoms with van der Waals surface area (Å²) in [5, 5.41) is 20.1. The summed E-state index contributed by atoms with van der Waals surface area (Å²) in [7, 11) is 0. The fourth-order valence-corrected chi connectivity index (χ4v) is 2.55. The first-order valence-electron chi connectivity index (χ1n) is 6.49. The fraction of sp³-hybridized carbons (Fsp3) is 0.375. The number of rotatable bonds is 5. The summed E-state index contributed by atoms with van der Waals surface area (Å²) in [5.41, 5.74) is 0.0500. The van der Waals surface area contributed by atoms with Gasteiger partial charge in [-0.05, 0) is 24.8 Å². The third kappa shape index (κ3) is 2.71. The molecule has 0 heterocycles. The number of allylic oxidation sites excluding steroid dienone is 3. The highest BCUT2D eigenvalue weighted by atomic mass is 16.3. The van der Waals surface area contributed by atoms with E-state index in [-0.39, 0.29) is 12.5 Å². The zero-order valence-corrected chi connectivity index (χ0v) is 10.5. The molecule has 0 fully saturated rings. The van der Waals surface area contributed by atoms with Gasteiger partial charge in [-0.3, -0.25) is 0 Å². The van der Waals surface area contributed by atoms with E-state index in [9.17, 15) is 5.11 Å². The van der Waals surface area contributed by atoms with E-state index in [2.05, 4.69) is 12.2 Å². The minimum absolute atomic E-state index is 0.0800. The molecule has 96 valence electrons. The molecule has 0 radical (unpaired) electrons. The summed E-state index contributed by atoms with van der Waals surface area (Å²) >= 11 is 0. The second kappa shape index (κ2) is 5.98. The van der Waals surface area contributed by atoms with Crippen molar-refractivity contribution < 1.29 is 10.2 Å². The first-order chi connectivity index (χ1) is 8.77. The number of aliphatic hydroxyl groups is 2. The van der Waals surface area contributed by atoms with Crippen LogP contribution >= 0.6 is 0 Å². The smallest absolute Gasteiger partial charge is 0.0962 e. The lowest BCUT2D eigenvalue weighted by Crippen LogP contribution is -2.34. The average Bonchev–Trinajstić information content (AvgIpc) is 2.46. The van der Waals surface area contributed by atoms with Gasteiger partial charge in [-0.1, -0.05) is 54.6 Å². The van der Waals surface area contributed by atoms with Crippen molar-refractivity contribution in [3.05, 3.63) is 60.2 Å². The lowest BCUT2D eigenvalue weighted by atomic mass is 9.75. The monoisotopic (exact) mass is 244 g/mol. The van der Waals surface area contributed by atoms with Crippen LogP contribution < -0.4 is 0 Å². The highest BCUT2D eigenvalue weighted by Gasteiger charge is 2.36. The Kier molecular flexibility index (Phi) is 4.34. The zero-order valence-electron chi connectivity index (χ0n) is 10.5. The summed E-state index contributed by atoms with van der Waals surface area (Å²) in [6.45, 7) is 0.113. The molecule has 2 atom stereocenters. The molecule has 2 heteroatoms. The fourth-order valence-electron chi connectivity index (χ4n) is 2.55. The maximum atomic E-state index is 11.0. The topological polar surface area (TPSA) is 40.5 Å². The number of hydrogen-bond donors (Lipinski definition) is 2. The van der Waals surface area contributed by atoms with Gasteiger partial charge in [0.15, 0.2) is 0 Å². The van der Waals surface area contributed by atoms with Gasteiger partial charge >= 0.3 is 0 Å². The average molecular weight is 244 g/mol. The molecule has 2 rings (SSSR count). The minimum atomic E-state index is -0.884. The largest absolute Gasteiger partial charge is 0.396 e. The van der Waals surface area contributed by atoms with Crippen LogP contribution in [0.4, 0.5) is 0 Å². The summed E-state index contributed by atoms with van der Waals surface area (Å²) in [4.78, 5) is 0. The second-order valence-electron chi connectivity index (χ2n) is 4.77. The highest BCUT2D eigenvalue weighted by Crippen LogP contribution is 2.38. The summed E-state index contributed by atoms with van der Waals surface area (Å²) in [6, 6.07) is 9.77. The lowest BCUT2D eigenvalue weighted by molar-refractivity contribution is -0.0187. The summed E-state index contributed by atoms with van der Waals surface area (Å²) in [5.74, 6) is 0.0800. The SMILES string of the molecule is OCCCC(O)(c1ccccc1)C1C=CC=CC1. The molecular formula is C16H20O2. The van der Waals surface area contributed by atoms with Crippen LogP contribution in [-0.4, -0.2) is 16.8 Å². The minimum Gasteiger partial charge on any atom is -0.396 e. The molecule has 0 amide bonds. The van der Waals surface area contributed by atoms with Crippen molar-refractivity contribution >= 4 is 0 Å². The Morgan fingerprint density at radius 2 is 1.94 bits per heavy atom. The number of aliphatic hydroxyl groups excluding tert-OH is 1. The van der Waals surface area contributed by atoms with E-state index in [0.717, 1.165) is 12.0 Å². The van der Waals surface area contributed by atoms with Crippen molar-refractivity contribution in [2.24, 2.45) is 5.92 Å². The lowest BCUT2D eigenvalue weighted by Gasteiger charge is -2.35. The Bertz CT molecular complexity index is 422. The van der Waals surface area contributed by atoms with Crippen molar-refractivity contribution in [1.29, 1.82) is 0 Å². The van der Waals surface area contributed by atoms with Gasteiger partial charge in [0.25, 0.3) is 0 Å². The zero-order chi connectivity index (χ0) is 12.8. The molecule has 18 heavy (non-hydrogen) atoms. The third-order valence-corrected chi connectivity index (χ3v) is 3.58. The second-order valence-corrected chi connectivity index (χ2v) is 4.77. The summed E-state index contributed by atoms with van der Waals surface area (Å²) < 4.78 is 0. The van der Waals surface area contributed by atoms with E-state index in [1.807, 2.05) is 42.5 Å². The van der Waals surface area contributed by atoms with Crippen molar-refractivity contribution in [2.45, 2.75) is 24.9 Å². The molecule has 0 bridgehead atoms. The molecule has 1 aromatic carbocycles. The van der Waals surface area contributed by atoms with E-state index < -0.39 is 5.60 Å². The first-order valence-corrected chi connectivity index (χ1v) is 6.49. The molecule has 0 aliphatic heterocycles. The van der Waals surface area contributed by atoms with Gasteiger partial charge in [-0.2, -0.15) is 0 Å². The van der Waals surface area contributed by atoms with Crippen LogP contribution in [-0.2, 0) is 5.60 Å². The maximum absolute atomic E-state index is 11.0. The molecular weight excluding hydrogens is 224 g/mol. The molecule has 0 saturated carbocycles. The van der Waals surface area contributed by atoms with Crippen LogP contribution in [0.15, 0.2) is 54.6 Å². The van der Waals surface area contributed by atoms with Gasteiger partial charge in [0.1, 0.15) is 0 Å². The molecule has 0 saturated heterocycles. The molecule has 2 unspecified atom stereocenters. The highest BCUT2D eigenvalue weighted by molar-refractivity contribution is 5.27. The van der Waals surface area contributed by atoms with Crippen LogP contribution in [0.25, 0.3) is 0 Å². The van der Waals surface area contributed by atoms with Crippen LogP contribution in [0, 0.1) is 5.92 Å². The number of hydrogen-bond acceptors (Lipinski definition) is 2. The Balaban J connectivity index is 2.28. The molecule has 2 N–H and O–H groups in total. The predicted octanol–water partition coefficient (Wildman–Crippen LogP) is 2.78. The summed E-state index contributed by atoms with van der Waals surface area (Å²) in [6.07, 6.45) is 10.2. The van der Waals surface area contributed by atoms with E-state index in [1.54, 1.807) is 0 Å². The van der Waals surface area contributed by atoms with Crippen molar-refractivity contribution in [3.8, 4) is 0 Å². The van der Waals surface area contributed by atoms with Crippen LogP contribution in [0.2, 0.25) is 0 Å². The number of benzene rings is 1. The molecule has 1 aliphatic carbocycles. The van der Waals surface area contributed by atoms with E-state index in [4.69, 9.17) is 5.11 Å². The van der Waals surface area contributed by atoms with Gasteiger partial charge in [0.2, 0.25) is 0 Å². The standard InChI is InChI=1S/C16H20O2/c17-13-7-12-16(18,14-8-3-1-4-9-14)15-10-5-2-6-11-15/h1-6,8-10,15,17-18H,7,11-13H2. The van der Waals surface area contributed by atoms with Gasteiger partial charge in [-0.15, -0.1) is 0 Å². The van der Waals surface area contributed by atoms with Crippen LogP contribution in [0.1, 0.15) is 24.8 Å². The molecule has 1 aliphatic rings. The van der Waals surface area contributed by atoms with E-state index in [1.165, 1.54) is 0 Å². The Morgan fingerprint density at radius 3 is 2.56 bits per heavy atom. The molecule has 2 nitrogen and oxygen atoms in total. The van der Waals surface area contributed by atoms with Crippen LogP contribution in [0.5, 0.6) is 0 Å². The Hall–Kier alpha value is -1.38. The van der Waals surface area contributed by atoms with Crippen LogP contribution in [0.3, 0.4) is 0 Å². The molecule has 1 aromatic rings. The van der Waals surface area contributed by atoms with E-state index >= 15 is 0 Å². The molecule has 0 spiro atoms. The third-order valence-electron chi connectivity index (χ3n) is 3.58. The maximum Gasteiger partial charge on any atom is 0.0962 e. The van der Waals surface area contributed by atoms with E-state index in [0.29, 0.717) is 12.8 Å². The quantitative estimate of drug-likeness (QED) is 0.836. The van der Waals surface area contributed by atoms with Gasteiger partial charge in [0.05, 0.1) is 5.60 Å². The van der Waals surface area contributed by atoms with Crippen molar-refractivity contribution in [1.82, 2.24) is 0 Å². The van der Waals surface area contributed by atoms with Gasteiger partial charge in [-0.25, -0.2) is 0 Å². The van der Waals surface area contributed by atoms with Gasteiger partial charge < -0.3 is 10.2 Å². The molecule has 0 aromatic heterocycles. The Labute approximate surface area is 108 Å². The van der Waals surface area contributed by atoms with Gasteiger partial charge in [0, 0.05) is 12.5 Å². The first kappa shape index (κ1) is 13.1. The predicted molar refractivity (Wildman–Crippen MR) is 73.0 cm³/mol. The van der Waals surface area contributed by atoms with Crippen molar-refractivity contribution in [2.75, 3.05) is 6.61 Å². The Morgan fingerprint density at radius 1 is 1.17 bits per heavy atom. The normalized spacial score (nSPS) is 21.8.